The number of carbonyl (C=O) groups excluding carboxylic acids is 1. The summed E-state index contributed by atoms with van der Waals surface area (Å²) >= 11 is 0. The topological polar surface area (TPSA) is 58.6 Å². The maximum atomic E-state index is 12.2. The lowest BCUT2D eigenvalue weighted by molar-refractivity contribution is -0.121. The van der Waals surface area contributed by atoms with E-state index in [1.807, 2.05) is 39.0 Å². The van der Waals surface area contributed by atoms with E-state index >= 15 is 0 Å². The van der Waals surface area contributed by atoms with Gasteiger partial charge in [-0.1, -0.05) is 26.7 Å². The Morgan fingerprint density at radius 1 is 1.29 bits per heavy atom. The van der Waals surface area contributed by atoms with Gasteiger partial charge in [0.25, 0.3) is 0 Å². The molecule has 2 N–H and O–H groups in total. The van der Waals surface area contributed by atoms with Crippen molar-refractivity contribution in [2.24, 2.45) is 0 Å². The molecule has 0 radical (unpaired) electrons. The SMILES string of the molecule is CCCC(O)(CCC)CC(=O)Nc1ccc(OC)cc1C. The van der Waals surface area contributed by atoms with Crippen LogP contribution >= 0.6 is 0 Å². The van der Waals surface area contributed by atoms with Gasteiger partial charge in [0.2, 0.25) is 5.91 Å². The predicted molar refractivity (Wildman–Crippen MR) is 85.7 cm³/mol. The van der Waals surface area contributed by atoms with Gasteiger partial charge in [-0.25, -0.2) is 0 Å². The fourth-order valence-corrected chi connectivity index (χ4v) is 2.63. The number of amides is 1. The summed E-state index contributed by atoms with van der Waals surface area (Å²) in [5, 5.41) is 13.4. The average molecular weight is 293 g/mol. The van der Waals surface area contributed by atoms with E-state index in [0.717, 1.165) is 29.8 Å². The van der Waals surface area contributed by atoms with Crippen LogP contribution in [0.5, 0.6) is 5.75 Å². The van der Waals surface area contributed by atoms with Crippen LogP contribution in [0, 0.1) is 6.92 Å². The van der Waals surface area contributed by atoms with Crippen molar-refractivity contribution >= 4 is 11.6 Å². The highest BCUT2D eigenvalue weighted by atomic mass is 16.5. The molecule has 0 heterocycles. The second-order valence-corrected chi connectivity index (χ2v) is 5.63. The van der Waals surface area contributed by atoms with Crippen LogP contribution in [0.15, 0.2) is 18.2 Å². The molecule has 0 atom stereocenters. The molecule has 21 heavy (non-hydrogen) atoms. The molecule has 1 amide bonds. The molecule has 0 aliphatic carbocycles. The molecule has 4 heteroatoms. The Balaban J connectivity index is 2.72. The van der Waals surface area contributed by atoms with Crippen molar-refractivity contribution in [1.82, 2.24) is 0 Å². The summed E-state index contributed by atoms with van der Waals surface area (Å²) in [5.41, 5.74) is 0.807. The highest BCUT2D eigenvalue weighted by Gasteiger charge is 2.28. The number of anilines is 1. The second kappa shape index (κ2) is 8.03. The minimum absolute atomic E-state index is 0.139. The molecule has 0 aliphatic rings. The number of aryl methyl sites for hydroxylation is 1. The van der Waals surface area contributed by atoms with E-state index in [-0.39, 0.29) is 12.3 Å². The van der Waals surface area contributed by atoms with Crippen molar-refractivity contribution in [3.05, 3.63) is 23.8 Å². The van der Waals surface area contributed by atoms with Crippen molar-refractivity contribution in [2.75, 3.05) is 12.4 Å². The number of aliphatic hydroxyl groups is 1. The third kappa shape index (κ3) is 5.38. The van der Waals surface area contributed by atoms with Gasteiger partial charge in [0.05, 0.1) is 19.1 Å². The van der Waals surface area contributed by atoms with Crippen molar-refractivity contribution in [1.29, 1.82) is 0 Å². The summed E-state index contributed by atoms with van der Waals surface area (Å²) in [7, 11) is 1.61. The Bertz CT molecular complexity index is 465. The molecule has 4 nitrogen and oxygen atoms in total. The molecule has 1 rings (SSSR count). The monoisotopic (exact) mass is 293 g/mol. The Labute approximate surface area is 127 Å². The Morgan fingerprint density at radius 3 is 2.38 bits per heavy atom. The number of hydrogen-bond donors (Lipinski definition) is 2. The molecule has 0 aromatic heterocycles. The van der Waals surface area contributed by atoms with Gasteiger partial charge in [-0.2, -0.15) is 0 Å². The third-order valence-electron chi connectivity index (χ3n) is 3.63. The molecule has 0 fully saturated rings. The van der Waals surface area contributed by atoms with Gasteiger partial charge in [-0.05, 0) is 43.5 Å². The lowest BCUT2D eigenvalue weighted by Gasteiger charge is -2.27. The van der Waals surface area contributed by atoms with Crippen LogP contribution in [0.2, 0.25) is 0 Å². The Kier molecular flexibility index (Phi) is 6.69. The highest BCUT2D eigenvalue weighted by molar-refractivity contribution is 5.92. The van der Waals surface area contributed by atoms with E-state index in [9.17, 15) is 9.90 Å². The zero-order valence-electron chi connectivity index (χ0n) is 13.5. The normalized spacial score (nSPS) is 11.3. The zero-order chi connectivity index (χ0) is 15.9. The van der Waals surface area contributed by atoms with E-state index in [2.05, 4.69) is 5.32 Å². The Hall–Kier alpha value is -1.55. The number of hydrogen-bond acceptors (Lipinski definition) is 3. The number of nitrogens with one attached hydrogen (secondary N) is 1. The third-order valence-corrected chi connectivity index (χ3v) is 3.63. The molecular formula is C17H27NO3. The summed E-state index contributed by atoms with van der Waals surface area (Å²) in [4.78, 5) is 12.2. The molecule has 118 valence electrons. The number of rotatable bonds is 8. The van der Waals surface area contributed by atoms with Crippen molar-refractivity contribution in [3.63, 3.8) is 0 Å². The van der Waals surface area contributed by atoms with Crippen LogP contribution in [-0.2, 0) is 4.79 Å². The van der Waals surface area contributed by atoms with E-state index < -0.39 is 5.60 Å². The maximum absolute atomic E-state index is 12.2. The molecule has 1 aromatic rings. The number of methoxy groups -OCH3 is 1. The van der Waals surface area contributed by atoms with Crippen LogP contribution in [0.25, 0.3) is 0 Å². The minimum atomic E-state index is -0.895. The molecule has 0 unspecified atom stereocenters. The predicted octanol–water partition coefficient (Wildman–Crippen LogP) is 3.66. The van der Waals surface area contributed by atoms with Gasteiger partial charge < -0.3 is 15.2 Å². The smallest absolute Gasteiger partial charge is 0.227 e. The van der Waals surface area contributed by atoms with Crippen molar-refractivity contribution in [3.8, 4) is 5.75 Å². The standard InChI is InChI=1S/C17H27NO3/c1-5-9-17(20,10-6-2)12-16(19)18-15-8-7-14(21-4)11-13(15)3/h7-8,11,20H,5-6,9-10,12H2,1-4H3,(H,18,19). The summed E-state index contributed by atoms with van der Waals surface area (Å²) in [6.45, 7) is 5.96. The number of ether oxygens (including phenoxy) is 1. The maximum Gasteiger partial charge on any atom is 0.227 e. The van der Waals surface area contributed by atoms with Gasteiger partial charge >= 0.3 is 0 Å². The zero-order valence-corrected chi connectivity index (χ0v) is 13.5. The lowest BCUT2D eigenvalue weighted by atomic mass is 9.89. The first-order valence-electron chi connectivity index (χ1n) is 7.61. The largest absolute Gasteiger partial charge is 0.497 e. The molecule has 1 aromatic carbocycles. The summed E-state index contributed by atoms with van der Waals surface area (Å²) in [6.07, 6.45) is 3.17. The number of benzene rings is 1. The fourth-order valence-electron chi connectivity index (χ4n) is 2.63. The first kappa shape index (κ1) is 17.5. The van der Waals surface area contributed by atoms with Crippen LogP contribution in [-0.4, -0.2) is 23.7 Å². The average Bonchev–Trinajstić information content (AvgIpc) is 2.41. The quantitative estimate of drug-likeness (QED) is 0.769. The summed E-state index contributed by atoms with van der Waals surface area (Å²) < 4.78 is 5.15. The molecule has 0 bridgehead atoms. The van der Waals surface area contributed by atoms with Crippen molar-refractivity contribution in [2.45, 2.75) is 58.5 Å². The van der Waals surface area contributed by atoms with Gasteiger partial charge in [0, 0.05) is 5.69 Å². The highest BCUT2D eigenvalue weighted by Crippen LogP contribution is 2.26. The fraction of sp³-hybridized carbons (Fsp3) is 0.588. The molecule has 0 aliphatic heterocycles. The molecule has 0 saturated heterocycles. The van der Waals surface area contributed by atoms with Gasteiger partial charge in [-0.15, -0.1) is 0 Å². The van der Waals surface area contributed by atoms with E-state index in [1.165, 1.54) is 0 Å². The first-order chi connectivity index (χ1) is 9.94. The molecular weight excluding hydrogens is 266 g/mol. The van der Waals surface area contributed by atoms with Gasteiger partial charge in [-0.3, -0.25) is 4.79 Å². The van der Waals surface area contributed by atoms with Crippen LogP contribution < -0.4 is 10.1 Å². The van der Waals surface area contributed by atoms with Crippen LogP contribution in [0.1, 0.15) is 51.5 Å². The molecule has 0 saturated carbocycles. The first-order valence-corrected chi connectivity index (χ1v) is 7.61. The molecule has 0 spiro atoms. The summed E-state index contributed by atoms with van der Waals surface area (Å²) in [6, 6.07) is 5.51. The van der Waals surface area contributed by atoms with Crippen LogP contribution in [0.3, 0.4) is 0 Å². The van der Waals surface area contributed by atoms with Crippen LogP contribution in [0.4, 0.5) is 5.69 Å². The Morgan fingerprint density at radius 2 is 1.90 bits per heavy atom. The summed E-state index contributed by atoms with van der Waals surface area (Å²) in [5.74, 6) is 0.617. The second-order valence-electron chi connectivity index (χ2n) is 5.63. The van der Waals surface area contributed by atoms with Gasteiger partial charge in [0.15, 0.2) is 0 Å². The van der Waals surface area contributed by atoms with Crippen molar-refractivity contribution < 1.29 is 14.6 Å². The minimum Gasteiger partial charge on any atom is -0.497 e. The van der Waals surface area contributed by atoms with E-state index in [0.29, 0.717) is 12.8 Å². The van der Waals surface area contributed by atoms with E-state index in [1.54, 1.807) is 7.11 Å². The lowest BCUT2D eigenvalue weighted by Crippen LogP contribution is -2.33. The van der Waals surface area contributed by atoms with Gasteiger partial charge in [0.1, 0.15) is 5.75 Å². The van der Waals surface area contributed by atoms with E-state index in [4.69, 9.17) is 4.74 Å². The number of carbonyl (C=O) groups is 1.